The van der Waals surface area contributed by atoms with Crippen LogP contribution >= 0.6 is 0 Å². The van der Waals surface area contributed by atoms with Crippen molar-refractivity contribution in [2.75, 3.05) is 32.7 Å². The third-order valence-electron chi connectivity index (χ3n) is 4.80. The molecule has 3 heteroatoms. The Morgan fingerprint density at radius 1 is 1.17 bits per heavy atom. The molecule has 2 aliphatic rings. The van der Waals surface area contributed by atoms with Gasteiger partial charge in [0.15, 0.2) is 0 Å². The van der Waals surface area contributed by atoms with E-state index in [2.05, 4.69) is 42.8 Å². The number of nitrogens with zero attached hydrogens (tertiary/aromatic N) is 2. The Labute approximate surface area is 113 Å². The van der Waals surface area contributed by atoms with E-state index in [1.807, 2.05) is 0 Å². The van der Waals surface area contributed by atoms with E-state index < -0.39 is 0 Å². The first kappa shape index (κ1) is 14.3. The van der Waals surface area contributed by atoms with Gasteiger partial charge in [0.1, 0.15) is 0 Å². The van der Waals surface area contributed by atoms with Gasteiger partial charge in [-0.2, -0.15) is 0 Å². The maximum Gasteiger partial charge on any atom is 0.0193 e. The van der Waals surface area contributed by atoms with Crippen LogP contribution in [-0.4, -0.2) is 60.1 Å². The second kappa shape index (κ2) is 5.89. The molecule has 1 heterocycles. The summed E-state index contributed by atoms with van der Waals surface area (Å²) in [6.07, 6.45) is 4.08. The number of nitrogens with one attached hydrogen (secondary N) is 1. The molecule has 1 atom stereocenters. The molecule has 0 radical (unpaired) electrons. The molecule has 0 amide bonds. The van der Waals surface area contributed by atoms with Crippen molar-refractivity contribution in [3.05, 3.63) is 0 Å². The maximum absolute atomic E-state index is 3.70. The molecule has 0 aromatic heterocycles. The van der Waals surface area contributed by atoms with Crippen molar-refractivity contribution in [1.82, 2.24) is 15.1 Å². The molecular weight excluding hydrogens is 222 g/mol. The van der Waals surface area contributed by atoms with Crippen molar-refractivity contribution in [3.63, 3.8) is 0 Å². The van der Waals surface area contributed by atoms with E-state index >= 15 is 0 Å². The Kier molecular flexibility index (Phi) is 4.68. The van der Waals surface area contributed by atoms with Gasteiger partial charge in [-0.3, -0.25) is 9.80 Å². The van der Waals surface area contributed by atoms with Crippen molar-refractivity contribution in [2.45, 2.75) is 64.6 Å². The van der Waals surface area contributed by atoms with Gasteiger partial charge in [-0.1, -0.05) is 6.92 Å². The summed E-state index contributed by atoms with van der Waals surface area (Å²) in [4.78, 5) is 5.34. The van der Waals surface area contributed by atoms with Crippen LogP contribution < -0.4 is 5.32 Å². The summed E-state index contributed by atoms with van der Waals surface area (Å²) < 4.78 is 0. The highest BCUT2D eigenvalue weighted by Gasteiger charge is 2.32. The van der Waals surface area contributed by atoms with Crippen molar-refractivity contribution >= 4 is 0 Å². The Balaban J connectivity index is 1.68. The molecule has 1 unspecified atom stereocenters. The molecule has 1 aliphatic heterocycles. The van der Waals surface area contributed by atoms with Crippen LogP contribution in [0.3, 0.4) is 0 Å². The first-order valence-electron chi connectivity index (χ1n) is 7.75. The SMILES string of the molecule is CCC(C)(C)NCC(C)N1CCN(C2CC2)CC1. The van der Waals surface area contributed by atoms with Gasteiger partial charge in [0.05, 0.1) is 0 Å². The van der Waals surface area contributed by atoms with E-state index in [1.165, 1.54) is 45.4 Å². The van der Waals surface area contributed by atoms with Gasteiger partial charge in [0, 0.05) is 50.3 Å². The molecule has 1 N–H and O–H groups in total. The lowest BCUT2D eigenvalue weighted by Crippen LogP contribution is -2.54. The number of piperazine rings is 1. The van der Waals surface area contributed by atoms with Gasteiger partial charge in [-0.25, -0.2) is 0 Å². The van der Waals surface area contributed by atoms with E-state index in [0.717, 1.165) is 12.6 Å². The lowest BCUT2D eigenvalue weighted by molar-refractivity contribution is 0.0937. The number of hydrogen-bond acceptors (Lipinski definition) is 3. The summed E-state index contributed by atoms with van der Waals surface area (Å²) in [5, 5.41) is 3.70. The third-order valence-corrected chi connectivity index (χ3v) is 4.80. The van der Waals surface area contributed by atoms with E-state index in [0.29, 0.717) is 6.04 Å². The summed E-state index contributed by atoms with van der Waals surface area (Å²) in [6, 6.07) is 1.61. The van der Waals surface area contributed by atoms with Crippen LogP contribution in [-0.2, 0) is 0 Å². The van der Waals surface area contributed by atoms with Gasteiger partial charge in [-0.15, -0.1) is 0 Å². The average Bonchev–Trinajstić information content (AvgIpc) is 3.21. The Morgan fingerprint density at radius 3 is 2.28 bits per heavy atom. The average molecular weight is 253 g/mol. The van der Waals surface area contributed by atoms with Crippen molar-refractivity contribution in [1.29, 1.82) is 0 Å². The standard InChI is InChI=1S/C15H31N3/c1-5-15(3,4)16-12-13(2)17-8-10-18(11-9-17)14-6-7-14/h13-14,16H,5-12H2,1-4H3. The highest BCUT2D eigenvalue weighted by atomic mass is 15.3. The van der Waals surface area contributed by atoms with Crippen LogP contribution in [0.4, 0.5) is 0 Å². The quantitative estimate of drug-likeness (QED) is 0.780. The van der Waals surface area contributed by atoms with Crippen molar-refractivity contribution < 1.29 is 0 Å². The molecule has 3 nitrogen and oxygen atoms in total. The van der Waals surface area contributed by atoms with E-state index in [4.69, 9.17) is 0 Å². The molecule has 0 aromatic rings. The lowest BCUT2D eigenvalue weighted by atomic mass is 10.0. The predicted octanol–water partition coefficient (Wildman–Crippen LogP) is 1.93. The summed E-state index contributed by atoms with van der Waals surface area (Å²) in [6.45, 7) is 15.4. The smallest absolute Gasteiger partial charge is 0.0193 e. The van der Waals surface area contributed by atoms with E-state index in [9.17, 15) is 0 Å². The van der Waals surface area contributed by atoms with Crippen LogP contribution in [0, 0.1) is 0 Å². The van der Waals surface area contributed by atoms with Gasteiger partial charge in [0.2, 0.25) is 0 Å². The van der Waals surface area contributed by atoms with Crippen LogP contribution in [0.2, 0.25) is 0 Å². The van der Waals surface area contributed by atoms with Crippen LogP contribution in [0.25, 0.3) is 0 Å². The fourth-order valence-corrected chi connectivity index (χ4v) is 2.66. The fourth-order valence-electron chi connectivity index (χ4n) is 2.66. The predicted molar refractivity (Wildman–Crippen MR) is 78.0 cm³/mol. The zero-order valence-electron chi connectivity index (χ0n) is 12.7. The molecule has 18 heavy (non-hydrogen) atoms. The van der Waals surface area contributed by atoms with Crippen LogP contribution in [0.15, 0.2) is 0 Å². The molecule has 0 bridgehead atoms. The maximum atomic E-state index is 3.70. The zero-order valence-corrected chi connectivity index (χ0v) is 12.7. The zero-order chi connectivity index (χ0) is 13.2. The molecule has 0 aromatic carbocycles. The molecule has 1 saturated carbocycles. The second-order valence-corrected chi connectivity index (χ2v) is 6.77. The monoisotopic (exact) mass is 253 g/mol. The molecule has 1 saturated heterocycles. The Morgan fingerprint density at radius 2 is 1.78 bits per heavy atom. The van der Waals surface area contributed by atoms with Crippen molar-refractivity contribution in [3.8, 4) is 0 Å². The number of rotatable bonds is 6. The fraction of sp³-hybridized carbons (Fsp3) is 1.00. The van der Waals surface area contributed by atoms with Crippen LogP contribution in [0.1, 0.15) is 47.0 Å². The van der Waals surface area contributed by atoms with E-state index in [1.54, 1.807) is 0 Å². The summed E-state index contributed by atoms with van der Waals surface area (Å²) >= 11 is 0. The number of hydrogen-bond donors (Lipinski definition) is 1. The second-order valence-electron chi connectivity index (χ2n) is 6.77. The molecule has 2 fully saturated rings. The Hall–Kier alpha value is -0.120. The van der Waals surface area contributed by atoms with E-state index in [-0.39, 0.29) is 5.54 Å². The first-order valence-corrected chi connectivity index (χ1v) is 7.75. The molecule has 1 aliphatic carbocycles. The first-order chi connectivity index (χ1) is 8.52. The minimum absolute atomic E-state index is 0.282. The minimum atomic E-state index is 0.282. The third kappa shape index (κ3) is 3.94. The molecule has 2 rings (SSSR count). The molecule has 106 valence electrons. The summed E-state index contributed by atoms with van der Waals surface area (Å²) in [7, 11) is 0. The molecular formula is C15H31N3. The van der Waals surface area contributed by atoms with Gasteiger partial charge in [0.25, 0.3) is 0 Å². The largest absolute Gasteiger partial charge is 0.310 e. The summed E-state index contributed by atoms with van der Waals surface area (Å²) in [5.41, 5.74) is 0.282. The van der Waals surface area contributed by atoms with Crippen molar-refractivity contribution in [2.24, 2.45) is 0 Å². The highest BCUT2D eigenvalue weighted by Crippen LogP contribution is 2.27. The molecule has 0 spiro atoms. The lowest BCUT2D eigenvalue weighted by Gasteiger charge is -2.39. The topological polar surface area (TPSA) is 18.5 Å². The highest BCUT2D eigenvalue weighted by molar-refractivity contribution is 4.89. The normalized spacial score (nSPS) is 25.3. The minimum Gasteiger partial charge on any atom is -0.310 e. The Bertz CT molecular complexity index is 252. The van der Waals surface area contributed by atoms with Gasteiger partial charge >= 0.3 is 0 Å². The van der Waals surface area contributed by atoms with Gasteiger partial charge < -0.3 is 5.32 Å². The summed E-state index contributed by atoms with van der Waals surface area (Å²) in [5.74, 6) is 0. The van der Waals surface area contributed by atoms with Crippen LogP contribution in [0.5, 0.6) is 0 Å². The van der Waals surface area contributed by atoms with Gasteiger partial charge in [-0.05, 0) is 40.0 Å².